The van der Waals surface area contributed by atoms with Gasteiger partial charge < -0.3 is 9.88 Å². The van der Waals surface area contributed by atoms with Crippen LogP contribution in [0.1, 0.15) is 10.4 Å². The summed E-state index contributed by atoms with van der Waals surface area (Å²) in [5.74, 6) is -0.223. The van der Waals surface area contributed by atoms with E-state index in [1.807, 2.05) is 42.1 Å². The van der Waals surface area contributed by atoms with Crippen LogP contribution in [0.4, 0.5) is 5.69 Å². The quantitative estimate of drug-likeness (QED) is 0.730. The Morgan fingerprint density at radius 3 is 2.61 bits per heavy atom. The van der Waals surface area contributed by atoms with Crippen LogP contribution in [-0.4, -0.2) is 20.4 Å². The maximum Gasteiger partial charge on any atom is 0.255 e. The van der Waals surface area contributed by atoms with Crippen molar-refractivity contribution in [3.63, 3.8) is 0 Å². The molecule has 23 heavy (non-hydrogen) atoms. The number of halogens is 1. The summed E-state index contributed by atoms with van der Waals surface area (Å²) in [6.07, 6.45) is 5.16. The van der Waals surface area contributed by atoms with E-state index < -0.39 is 0 Å². The average Bonchev–Trinajstić information content (AvgIpc) is 2.94. The molecule has 7 heteroatoms. The number of hydrogen-bond acceptors (Lipinski definition) is 4. The molecular formula is C16H13ClN4OS. The average molecular weight is 345 g/mol. The summed E-state index contributed by atoms with van der Waals surface area (Å²) in [7, 11) is 1.95. The maximum absolute atomic E-state index is 12.1. The Bertz CT molecular complexity index is 832. The number of amides is 1. The molecule has 2 aromatic heterocycles. The Morgan fingerprint density at radius 2 is 1.96 bits per heavy atom. The van der Waals surface area contributed by atoms with Gasteiger partial charge in [0.25, 0.3) is 5.91 Å². The fourth-order valence-corrected chi connectivity index (χ4v) is 2.88. The van der Waals surface area contributed by atoms with Crippen molar-refractivity contribution >= 4 is 35.0 Å². The van der Waals surface area contributed by atoms with Crippen molar-refractivity contribution in [3.05, 3.63) is 65.7 Å². The lowest BCUT2D eigenvalue weighted by Crippen LogP contribution is -2.11. The van der Waals surface area contributed by atoms with Crippen LogP contribution in [0, 0.1) is 0 Å². The van der Waals surface area contributed by atoms with E-state index in [9.17, 15) is 4.79 Å². The molecule has 0 bridgehead atoms. The predicted molar refractivity (Wildman–Crippen MR) is 91.0 cm³/mol. The Hall–Kier alpha value is -2.31. The lowest BCUT2D eigenvalue weighted by Gasteiger charge is -2.07. The first-order valence-electron chi connectivity index (χ1n) is 6.80. The van der Waals surface area contributed by atoms with Gasteiger partial charge in [-0.2, -0.15) is 0 Å². The fraction of sp³-hybridized carbons (Fsp3) is 0.0625. The molecule has 0 fully saturated rings. The van der Waals surface area contributed by atoms with E-state index >= 15 is 0 Å². The molecule has 2 heterocycles. The first kappa shape index (κ1) is 15.6. The van der Waals surface area contributed by atoms with Gasteiger partial charge in [-0.15, -0.1) is 0 Å². The second-order valence-corrected chi connectivity index (χ2v) is 6.20. The molecule has 116 valence electrons. The van der Waals surface area contributed by atoms with Crippen molar-refractivity contribution in [1.82, 2.24) is 14.5 Å². The van der Waals surface area contributed by atoms with Crippen LogP contribution in [0.3, 0.4) is 0 Å². The summed E-state index contributed by atoms with van der Waals surface area (Å²) in [5, 5.41) is 4.03. The van der Waals surface area contributed by atoms with E-state index in [-0.39, 0.29) is 5.91 Å². The minimum absolute atomic E-state index is 0.223. The standard InChI is InChI=1S/C16H13ClN4OS/c1-21-9-8-19-16(21)23-13-4-2-12(3-5-13)20-15(22)11-6-7-18-14(17)10-11/h2-10H,1H3,(H,20,22). The van der Waals surface area contributed by atoms with Gasteiger partial charge in [-0.25, -0.2) is 9.97 Å². The van der Waals surface area contributed by atoms with E-state index in [0.717, 1.165) is 10.1 Å². The van der Waals surface area contributed by atoms with Crippen LogP contribution in [0.15, 0.2) is 65.0 Å². The summed E-state index contributed by atoms with van der Waals surface area (Å²) >= 11 is 7.35. The third-order valence-electron chi connectivity index (χ3n) is 3.09. The maximum atomic E-state index is 12.1. The van der Waals surface area contributed by atoms with E-state index in [1.165, 1.54) is 12.3 Å². The molecule has 0 saturated carbocycles. The molecule has 1 aromatic carbocycles. The highest BCUT2D eigenvalue weighted by Crippen LogP contribution is 2.26. The van der Waals surface area contributed by atoms with Crippen LogP contribution in [0.25, 0.3) is 0 Å². The smallest absolute Gasteiger partial charge is 0.255 e. The molecule has 0 aliphatic carbocycles. The van der Waals surface area contributed by atoms with Crippen LogP contribution in [0.2, 0.25) is 5.15 Å². The van der Waals surface area contributed by atoms with Gasteiger partial charge in [0.1, 0.15) is 5.15 Å². The number of imidazole rings is 1. The SMILES string of the molecule is Cn1ccnc1Sc1ccc(NC(=O)c2ccnc(Cl)c2)cc1. The zero-order valence-electron chi connectivity index (χ0n) is 12.2. The largest absolute Gasteiger partial charge is 0.329 e. The van der Waals surface area contributed by atoms with E-state index in [0.29, 0.717) is 16.4 Å². The zero-order valence-corrected chi connectivity index (χ0v) is 13.8. The van der Waals surface area contributed by atoms with E-state index in [4.69, 9.17) is 11.6 Å². The number of pyridine rings is 1. The minimum atomic E-state index is -0.223. The third-order valence-corrected chi connectivity index (χ3v) is 4.38. The predicted octanol–water partition coefficient (Wildman–Crippen LogP) is 3.87. The second-order valence-electron chi connectivity index (χ2n) is 4.77. The first-order chi connectivity index (χ1) is 11.1. The Kier molecular flexibility index (Phi) is 4.64. The van der Waals surface area contributed by atoms with Crippen molar-refractivity contribution in [2.24, 2.45) is 7.05 Å². The van der Waals surface area contributed by atoms with Crippen LogP contribution < -0.4 is 5.32 Å². The van der Waals surface area contributed by atoms with Gasteiger partial charge in [0.15, 0.2) is 5.16 Å². The highest BCUT2D eigenvalue weighted by atomic mass is 35.5. The van der Waals surface area contributed by atoms with Crippen molar-refractivity contribution in [1.29, 1.82) is 0 Å². The molecule has 3 rings (SSSR count). The summed E-state index contributed by atoms with van der Waals surface area (Å²) in [4.78, 5) is 21.3. The van der Waals surface area contributed by atoms with Gasteiger partial charge in [0, 0.05) is 41.8 Å². The van der Waals surface area contributed by atoms with E-state index in [2.05, 4.69) is 15.3 Å². The number of aromatic nitrogens is 3. The first-order valence-corrected chi connectivity index (χ1v) is 7.99. The number of nitrogens with one attached hydrogen (secondary N) is 1. The fourth-order valence-electron chi connectivity index (χ4n) is 1.91. The Balaban J connectivity index is 1.68. The Labute approximate surface area is 142 Å². The van der Waals surface area contributed by atoms with Crippen LogP contribution in [0.5, 0.6) is 0 Å². The van der Waals surface area contributed by atoms with E-state index in [1.54, 1.807) is 24.0 Å². The minimum Gasteiger partial charge on any atom is -0.329 e. The molecule has 0 aliphatic rings. The molecule has 0 saturated heterocycles. The molecule has 3 aromatic rings. The molecule has 5 nitrogen and oxygen atoms in total. The summed E-state index contributed by atoms with van der Waals surface area (Å²) < 4.78 is 1.95. The molecule has 0 radical (unpaired) electrons. The summed E-state index contributed by atoms with van der Waals surface area (Å²) in [5.41, 5.74) is 1.18. The van der Waals surface area contributed by atoms with Gasteiger partial charge in [0.2, 0.25) is 0 Å². The van der Waals surface area contributed by atoms with Gasteiger partial charge in [-0.05, 0) is 36.4 Å². The zero-order chi connectivity index (χ0) is 16.2. The van der Waals surface area contributed by atoms with Crippen molar-refractivity contribution in [3.8, 4) is 0 Å². The number of carbonyl (C=O) groups excluding carboxylic acids is 1. The number of rotatable bonds is 4. The number of hydrogen-bond donors (Lipinski definition) is 1. The van der Waals surface area contributed by atoms with Gasteiger partial charge >= 0.3 is 0 Å². The van der Waals surface area contributed by atoms with Crippen molar-refractivity contribution < 1.29 is 4.79 Å². The lowest BCUT2D eigenvalue weighted by molar-refractivity contribution is 0.102. The summed E-state index contributed by atoms with van der Waals surface area (Å²) in [6.45, 7) is 0. The van der Waals surface area contributed by atoms with Gasteiger partial charge in [-0.3, -0.25) is 4.79 Å². The molecule has 0 atom stereocenters. The number of benzene rings is 1. The van der Waals surface area contributed by atoms with Crippen molar-refractivity contribution in [2.45, 2.75) is 10.1 Å². The number of aryl methyl sites for hydroxylation is 1. The molecule has 1 N–H and O–H groups in total. The highest BCUT2D eigenvalue weighted by Gasteiger charge is 2.07. The normalized spacial score (nSPS) is 10.5. The molecule has 1 amide bonds. The van der Waals surface area contributed by atoms with Gasteiger partial charge in [0.05, 0.1) is 0 Å². The molecular weight excluding hydrogens is 332 g/mol. The lowest BCUT2D eigenvalue weighted by atomic mass is 10.2. The number of carbonyl (C=O) groups is 1. The molecule has 0 unspecified atom stereocenters. The number of nitrogens with zero attached hydrogens (tertiary/aromatic N) is 3. The highest BCUT2D eigenvalue weighted by molar-refractivity contribution is 7.99. The van der Waals surface area contributed by atoms with Crippen LogP contribution in [-0.2, 0) is 7.05 Å². The third kappa shape index (κ3) is 3.91. The number of anilines is 1. The second kappa shape index (κ2) is 6.85. The summed E-state index contributed by atoms with van der Waals surface area (Å²) in [6, 6.07) is 10.7. The van der Waals surface area contributed by atoms with Crippen LogP contribution >= 0.6 is 23.4 Å². The molecule has 0 aliphatic heterocycles. The topological polar surface area (TPSA) is 59.8 Å². The monoisotopic (exact) mass is 344 g/mol. The van der Waals surface area contributed by atoms with Gasteiger partial charge in [-0.1, -0.05) is 23.4 Å². The van der Waals surface area contributed by atoms with Crippen molar-refractivity contribution in [2.75, 3.05) is 5.32 Å². The molecule has 0 spiro atoms. The Morgan fingerprint density at radius 1 is 1.17 bits per heavy atom.